The lowest BCUT2D eigenvalue weighted by Crippen LogP contribution is -2.17. The first-order valence-corrected chi connectivity index (χ1v) is 9.46. The fraction of sp³-hybridized carbons (Fsp3) is 0.278. The number of nitrogens with zero attached hydrogens (tertiary/aromatic N) is 3. The Morgan fingerprint density at radius 1 is 1.29 bits per heavy atom. The smallest absolute Gasteiger partial charge is 0.417 e. The number of carbonyl (C=O) groups excluding carboxylic acids is 1. The van der Waals surface area contributed by atoms with E-state index < -0.39 is 17.0 Å². The molecule has 0 aliphatic heterocycles. The summed E-state index contributed by atoms with van der Waals surface area (Å²) in [6, 6.07) is 7.44. The number of alkyl halides is 3. The summed E-state index contributed by atoms with van der Waals surface area (Å²) >= 11 is 6.98. The van der Waals surface area contributed by atoms with E-state index in [2.05, 4.69) is 10.2 Å². The molecule has 0 amide bonds. The quantitative estimate of drug-likeness (QED) is 0.400. The van der Waals surface area contributed by atoms with Crippen molar-refractivity contribution in [1.29, 1.82) is 0 Å². The molecule has 1 unspecified atom stereocenters. The van der Waals surface area contributed by atoms with Gasteiger partial charge in [-0.3, -0.25) is 9.20 Å². The number of fused-ring (bicyclic) bond motifs is 1. The molecule has 28 heavy (non-hydrogen) atoms. The first-order valence-electron chi connectivity index (χ1n) is 8.21. The maximum atomic E-state index is 13.1. The van der Waals surface area contributed by atoms with E-state index in [1.807, 2.05) is 6.92 Å². The first kappa shape index (κ1) is 20.5. The highest BCUT2D eigenvalue weighted by atomic mass is 35.5. The van der Waals surface area contributed by atoms with Gasteiger partial charge in [-0.2, -0.15) is 13.2 Å². The predicted octanol–water partition coefficient (Wildman–Crippen LogP) is 5.16. The molecular formula is C18H15ClF3N3O2S. The number of halogens is 4. The summed E-state index contributed by atoms with van der Waals surface area (Å²) in [4.78, 5) is 12.8. The topological polar surface area (TPSA) is 56.5 Å². The third-order valence-corrected chi connectivity index (χ3v) is 5.64. The van der Waals surface area contributed by atoms with E-state index in [1.54, 1.807) is 24.3 Å². The molecule has 1 atom stereocenters. The number of ether oxygens (including phenoxy) is 1. The number of pyridine rings is 1. The van der Waals surface area contributed by atoms with Crippen LogP contribution in [-0.4, -0.2) is 32.7 Å². The summed E-state index contributed by atoms with van der Waals surface area (Å²) in [6.45, 7) is 1.82. The average Bonchev–Trinajstić information content (AvgIpc) is 3.08. The highest BCUT2D eigenvalue weighted by Gasteiger charge is 2.32. The van der Waals surface area contributed by atoms with Crippen molar-refractivity contribution < 1.29 is 22.7 Å². The number of hydrogen-bond acceptors (Lipinski definition) is 5. The second-order valence-electron chi connectivity index (χ2n) is 5.86. The van der Waals surface area contributed by atoms with Gasteiger partial charge < -0.3 is 4.74 Å². The van der Waals surface area contributed by atoms with E-state index in [-0.39, 0.29) is 21.6 Å². The summed E-state index contributed by atoms with van der Waals surface area (Å²) in [7, 11) is 1.53. The Balaban J connectivity index is 1.93. The molecule has 1 aromatic carbocycles. The Labute approximate surface area is 167 Å². The number of thioether (sulfide) groups is 1. The summed E-state index contributed by atoms with van der Waals surface area (Å²) in [5, 5.41) is 7.22. The highest BCUT2D eigenvalue weighted by Crippen LogP contribution is 2.34. The zero-order chi connectivity index (χ0) is 20.5. The number of rotatable bonds is 6. The van der Waals surface area contributed by atoms with Crippen molar-refractivity contribution in [1.82, 2.24) is 14.6 Å². The van der Waals surface area contributed by atoms with Crippen LogP contribution in [-0.2, 0) is 6.18 Å². The van der Waals surface area contributed by atoms with Crippen LogP contribution >= 0.6 is 23.4 Å². The molecule has 0 aliphatic rings. The van der Waals surface area contributed by atoms with Crippen LogP contribution < -0.4 is 4.74 Å². The summed E-state index contributed by atoms with van der Waals surface area (Å²) in [6.07, 6.45) is -3.22. The maximum Gasteiger partial charge on any atom is 0.417 e. The summed E-state index contributed by atoms with van der Waals surface area (Å²) in [5.41, 5.74) is -0.340. The number of hydrogen-bond donors (Lipinski definition) is 0. The molecule has 3 rings (SSSR count). The van der Waals surface area contributed by atoms with E-state index in [0.717, 1.165) is 24.0 Å². The Bertz CT molecular complexity index is 1010. The first-order chi connectivity index (χ1) is 13.2. The van der Waals surface area contributed by atoms with Crippen LogP contribution in [0.4, 0.5) is 13.2 Å². The molecular weight excluding hydrogens is 415 g/mol. The molecule has 0 bridgehead atoms. The van der Waals surface area contributed by atoms with Crippen molar-refractivity contribution in [2.45, 2.75) is 29.9 Å². The predicted molar refractivity (Wildman–Crippen MR) is 100 cm³/mol. The number of benzene rings is 1. The second kappa shape index (κ2) is 8.00. The van der Waals surface area contributed by atoms with Crippen LogP contribution in [0.3, 0.4) is 0 Å². The molecule has 2 aromatic heterocycles. The number of carbonyl (C=O) groups is 1. The summed E-state index contributed by atoms with van der Waals surface area (Å²) < 4.78 is 45.5. The molecule has 5 nitrogen and oxygen atoms in total. The zero-order valence-electron chi connectivity index (χ0n) is 14.8. The van der Waals surface area contributed by atoms with Gasteiger partial charge in [-0.25, -0.2) is 0 Å². The normalized spacial score (nSPS) is 12.9. The van der Waals surface area contributed by atoms with Crippen molar-refractivity contribution in [3.8, 4) is 5.75 Å². The van der Waals surface area contributed by atoms with Gasteiger partial charge in [-0.05, 0) is 36.8 Å². The van der Waals surface area contributed by atoms with E-state index >= 15 is 0 Å². The van der Waals surface area contributed by atoms with E-state index in [4.69, 9.17) is 16.3 Å². The van der Waals surface area contributed by atoms with Crippen molar-refractivity contribution in [2.75, 3.05) is 7.11 Å². The lowest BCUT2D eigenvalue weighted by Gasteiger charge is -2.13. The van der Waals surface area contributed by atoms with E-state index in [9.17, 15) is 18.0 Å². The number of methoxy groups -OCH3 is 1. The third kappa shape index (κ3) is 4.10. The Kier molecular flexibility index (Phi) is 5.85. The van der Waals surface area contributed by atoms with Gasteiger partial charge in [0.1, 0.15) is 5.75 Å². The standard InChI is InChI=1S/C18H15ClF3N3O2S/c1-3-14(15(26)10-4-6-12(27-2)7-5-10)28-17-24-23-16-13(19)8-11(9-25(16)17)18(20,21)22/h4-9,14H,3H2,1-2H3. The van der Waals surface area contributed by atoms with Crippen molar-refractivity contribution in [3.63, 3.8) is 0 Å². The molecule has 0 spiro atoms. The van der Waals surface area contributed by atoms with Gasteiger partial charge in [-0.1, -0.05) is 30.3 Å². The van der Waals surface area contributed by atoms with Gasteiger partial charge in [0.2, 0.25) is 0 Å². The lowest BCUT2D eigenvalue weighted by molar-refractivity contribution is -0.137. The minimum Gasteiger partial charge on any atom is -0.497 e. The van der Waals surface area contributed by atoms with E-state index in [1.165, 1.54) is 11.5 Å². The van der Waals surface area contributed by atoms with Crippen LogP contribution in [0.15, 0.2) is 41.7 Å². The van der Waals surface area contributed by atoms with Gasteiger partial charge in [0, 0.05) is 11.8 Å². The number of Topliss-reactive ketones (excluding diaryl/α,β-unsaturated/α-hetero) is 1. The minimum absolute atomic E-state index is 0.101. The fourth-order valence-electron chi connectivity index (χ4n) is 2.56. The Morgan fingerprint density at radius 2 is 1.96 bits per heavy atom. The largest absolute Gasteiger partial charge is 0.497 e. The SMILES string of the molecule is CCC(Sc1nnc2c(Cl)cc(C(F)(F)F)cn12)C(=O)c1ccc(OC)cc1. The Morgan fingerprint density at radius 3 is 2.54 bits per heavy atom. The van der Waals surface area contributed by atoms with Crippen LogP contribution in [0.5, 0.6) is 5.75 Å². The molecule has 0 fully saturated rings. The van der Waals surface area contributed by atoms with Crippen LogP contribution in [0.1, 0.15) is 29.3 Å². The van der Waals surface area contributed by atoms with Gasteiger partial charge in [0.15, 0.2) is 16.6 Å². The molecule has 148 valence electrons. The fourth-order valence-corrected chi connectivity index (χ4v) is 3.81. The molecule has 0 saturated carbocycles. The molecule has 0 saturated heterocycles. The van der Waals surface area contributed by atoms with Crippen molar-refractivity contribution in [3.05, 3.63) is 52.7 Å². The van der Waals surface area contributed by atoms with Gasteiger partial charge in [0.25, 0.3) is 0 Å². The van der Waals surface area contributed by atoms with Gasteiger partial charge in [0.05, 0.1) is 22.9 Å². The molecule has 10 heteroatoms. The number of aromatic nitrogens is 3. The zero-order valence-corrected chi connectivity index (χ0v) is 16.4. The molecule has 0 aliphatic carbocycles. The molecule has 2 heterocycles. The molecule has 0 radical (unpaired) electrons. The monoisotopic (exact) mass is 429 g/mol. The highest BCUT2D eigenvalue weighted by molar-refractivity contribution is 8.00. The van der Waals surface area contributed by atoms with Crippen molar-refractivity contribution >= 4 is 34.8 Å². The summed E-state index contributed by atoms with van der Waals surface area (Å²) in [5.74, 6) is 0.458. The molecule has 3 aromatic rings. The average molecular weight is 430 g/mol. The van der Waals surface area contributed by atoms with E-state index in [0.29, 0.717) is 17.7 Å². The minimum atomic E-state index is -4.56. The molecule has 0 N–H and O–H groups in total. The van der Waals surface area contributed by atoms with Crippen LogP contribution in [0.2, 0.25) is 5.02 Å². The Hall–Kier alpha value is -2.26. The van der Waals surface area contributed by atoms with Crippen LogP contribution in [0, 0.1) is 0 Å². The second-order valence-corrected chi connectivity index (χ2v) is 7.44. The van der Waals surface area contributed by atoms with Crippen LogP contribution in [0.25, 0.3) is 5.65 Å². The van der Waals surface area contributed by atoms with Gasteiger partial charge >= 0.3 is 6.18 Å². The van der Waals surface area contributed by atoms with Gasteiger partial charge in [-0.15, -0.1) is 10.2 Å². The van der Waals surface area contributed by atoms with Crippen molar-refractivity contribution in [2.24, 2.45) is 0 Å². The lowest BCUT2D eigenvalue weighted by atomic mass is 10.1. The number of ketones is 1. The third-order valence-electron chi connectivity index (χ3n) is 4.04. The maximum absolute atomic E-state index is 13.1.